The Kier molecular flexibility index (Phi) is 4.28. The molecule has 0 radical (unpaired) electrons. The lowest BCUT2D eigenvalue weighted by Crippen LogP contribution is -2.15. The minimum absolute atomic E-state index is 0.0421. The first-order valence-corrected chi connectivity index (χ1v) is 8.70. The number of amides is 1. The summed E-state index contributed by atoms with van der Waals surface area (Å²) in [5.74, 6) is 1.00. The lowest BCUT2D eigenvalue weighted by atomic mass is 10.1. The molecule has 1 amide bonds. The normalized spacial score (nSPS) is 18.8. The highest BCUT2D eigenvalue weighted by molar-refractivity contribution is 6.30. The molecule has 2 unspecified atom stereocenters. The van der Waals surface area contributed by atoms with Crippen molar-refractivity contribution < 1.29 is 4.79 Å². The van der Waals surface area contributed by atoms with Crippen LogP contribution in [0.2, 0.25) is 5.02 Å². The Hall–Kier alpha value is -2.59. The number of rotatable bonds is 5. The molecule has 0 saturated heterocycles. The average molecular weight is 352 g/mol. The van der Waals surface area contributed by atoms with E-state index < -0.39 is 0 Å². The number of benzene rings is 2. The summed E-state index contributed by atoms with van der Waals surface area (Å²) < 4.78 is 1.79. The first-order valence-electron chi connectivity index (χ1n) is 8.33. The van der Waals surface area contributed by atoms with Gasteiger partial charge in [-0.05, 0) is 35.6 Å². The predicted octanol–water partition coefficient (Wildman–Crippen LogP) is 4.33. The molecule has 1 aromatic heterocycles. The van der Waals surface area contributed by atoms with E-state index in [1.54, 1.807) is 4.68 Å². The Balaban J connectivity index is 1.36. The SMILES string of the molecule is O=C(Nc1ccn(Cc2cccc(Cl)c2)n1)C1CC1c1ccccc1. The van der Waals surface area contributed by atoms with Gasteiger partial charge in [0.2, 0.25) is 5.91 Å². The monoisotopic (exact) mass is 351 g/mol. The van der Waals surface area contributed by atoms with Crippen LogP contribution in [0.15, 0.2) is 66.9 Å². The van der Waals surface area contributed by atoms with Crippen LogP contribution in [0.25, 0.3) is 0 Å². The Morgan fingerprint density at radius 1 is 1.16 bits per heavy atom. The van der Waals surface area contributed by atoms with Crippen LogP contribution in [0.5, 0.6) is 0 Å². The fourth-order valence-corrected chi connectivity index (χ4v) is 3.32. The Bertz CT molecular complexity index is 891. The molecular formula is C20H18ClN3O. The summed E-state index contributed by atoms with van der Waals surface area (Å²) in [5.41, 5.74) is 2.30. The van der Waals surface area contributed by atoms with Crippen molar-refractivity contribution in [2.45, 2.75) is 18.9 Å². The van der Waals surface area contributed by atoms with Gasteiger partial charge in [-0.25, -0.2) is 0 Å². The van der Waals surface area contributed by atoms with Gasteiger partial charge in [-0.1, -0.05) is 54.1 Å². The van der Waals surface area contributed by atoms with Gasteiger partial charge in [0.1, 0.15) is 0 Å². The average Bonchev–Trinajstić information content (AvgIpc) is 3.31. The van der Waals surface area contributed by atoms with Gasteiger partial charge in [-0.2, -0.15) is 5.10 Å². The van der Waals surface area contributed by atoms with Crippen molar-refractivity contribution in [3.63, 3.8) is 0 Å². The van der Waals surface area contributed by atoms with Crippen molar-refractivity contribution >= 4 is 23.3 Å². The Morgan fingerprint density at radius 2 is 2.00 bits per heavy atom. The molecule has 0 spiro atoms. The zero-order valence-corrected chi connectivity index (χ0v) is 14.4. The van der Waals surface area contributed by atoms with E-state index in [0.717, 1.165) is 12.0 Å². The molecule has 2 atom stereocenters. The molecule has 0 bridgehead atoms. The van der Waals surface area contributed by atoms with Crippen molar-refractivity contribution in [3.05, 3.63) is 83.0 Å². The zero-order chi connectivity index (χ0) is 17.2. The van der Waals surface area contributed by atoms with Gasteiger partial charge >= 0.3 is 0 Å². The summed E-state index contributed by atoms with van der Waals surface area (Å²) in [5, 5.41) is 8.06. The molecule has 1 aliphatic carbocycles. The molecule has 3 aromatic rings. The molecule has 5 heteroatoms. The van der Waals surface area contributed by atoms with Crippen LogP contribution in [-0.2, 0) is 11.3 Å². The molecular weight excluding hydrogens is 334 g/mol. The van der Waals surface area contributed by atoms with Crippen LogP contribution in [0.3, 0.4) is 0 Å². The molecule has 25 heavy (non-hydrogen) atoms. The lowest BCUT2D eigenvalue weighted by Gasteiger charge is -2.04. The summed E-state index contributed by atoms with van der Waals surface area (Å²) in [6, 6.07) is 19.7. The van der Waals surface area contributed by atoms with Gasteiger partial charge in [-0.15, -0.1) is 0 Å². The van der Waals surface area contributed by atoms with Crippen LogP contribution in [0.1, 0.15) is 23.5 Å². The molecule has 126 valence electrons. The number of anilines is 1. The largest absolute Gasteiger partial charge is 0.309 e. The van der Waals surface area contributed by atoms with E-state index >= 15 is 0 Å². The highest BCUT2D eigenvalue weighted by Crippen LogP contribution is 2.47. The van der Waals surface area contributed by atoms with Crippen LogP contribution >= 0.6 is 11.6 Å². The molecule has 2 aromatic carbocycles. The van der Waals surface area contributed by atoms with Crippen molar-refractivity contribution in [3.8, 4) is 0 Å². The summed E-state index contributed by atoms with van der Waals surface area (Å²) >= 11 is 6.00. The fourth-order valence-electron chi connectivity index (χ4n) is 3.11. The third kappa shape index (κ3) is 3.74. The van der Waals surface area contributed by atoms with Gasteiger partial charge in [-0.3, -0.25) is 9.48 Å². The van der Waals surface area contributed by atoms with Crippen molar-refractivity contribution in [1.82, 2.24) is 9.78 Å². The molecule has 1 aliphatic rings. The molecule has 1 saturated carbocycles. The number of nitrogens with zero attached hydrogens (tertiary/aromatic N) is 2. The summed E-state index contributed by atoms with van der Waals surface area (Å²) in [4.78, 5) is 12.4. The first-order chi connectivity index (χ1) is 12.2. The van der Waals surface area contributed by atoms with Gasteiger partial charge < -0.3 is 5.32 Å². The third-order valence-electron chi connectivity index (χ3n) is 4.48. The van der Waals surface area contributed by atoms with Gasteiger partial charge in [0.05, 0.1) is 6.54 Å². The van der Waals surface area contributed by atoms with E-state index in [9.17, 15) is 4.79 Å². The van der Waals surface area contributed by atoms with Crippen molar-refractivity contribution in [2.75, 3.05) is 5.32 Å². The zero-order valence-electron chi connectivity index (χ0n) is 13.6. The Morgan fingerprint density at radius 3 is 2.80 bits per heavy atom. The van der Waals surface area contributed by atoms with Gasteiger partial charge in [0.25, 0.3) is 0 Å². The molecule has 4 nitrogen and oxygen atoms in total. The highest BCUT2D eigenvalue weighted by Gasteiger charge is 2.43. The first kappa shape index (κ1) is 15.9. The van der Waals surface area contributed by atoms with Crippen LogP contribution in [-0.4, -0.2) is 15.7 Å². The number of hydrogen-bond donors (Lipinski definition) is 1. The molecule has 0 aliphatic heterocycles. The van der Waals surface area contributed by atoms with Gasteiger partial charge in [0.15, 0.2) is 5.82 Å². The van der Waals surface area contributed by atoms with Crippen molar-refractivity contribution in [2.24, 2.45) is 5.92 Å². The third-order valence-corrected chi connectivity index (χ3v) is 4.72. The van der Waals surface area contributed by atoms with E-state index in [-0.39, 0.29) is 11.8 Å². The second-order valence-electron chi connectivity index (χ2n) is 6.38. The topological polar surface area (TPSA) is 46.9 Å². The fraction of sp³-hybridized carbons (Fsp3) is 0.200. The van der Waals surface area contributed by atoms with Crippen molar-refractivity contribution in [1.29, 1.82) is 0 Å². The maximum Gasteiger partial charge on any atom is 0.229 e. The smallest absolute Gasteiger partial charge is 0.229 e. The van der Waals surface area contributed by atoms with E-state index in [2.05, 4.69) is 22.5 Å². The molecule has 1 heterocycles. The minimum atomic E-state index is 0.0421. The van der Waals surface area contributed by atoms with Crippen LogP contribution in [0, 0.1) is 5.92 Å². The summed E-state index contributed by atoms with van der Waals surface area (Å²) in [6.45, 7) is 0.618. The number of carbonyl (C=O) groups is 1. The van der Waals surface area contributed by atoms with Crippen LogP contribution < -0.4 is 5.32 Å². The van der Waals surface area contributed by atoms with Crippen LogP contribution in [0.4, 0.5) is 5.82 Å². The second-order valence-corrected chi connectivity index (χ2v) is 6.81. The van der Waals surface area contributed by atoms with Gasteiger partial charge in [0, 0.05) is 23.2 Å². The minimum Gasteiger partial charge on any atom is -0.309 e. The van der Waals surface area contributed by atoms with E-state index in [0.29, 0.717) is 23.3 Å². The summed E-state index contributed by atoms with van der Waals surface area (Å²) in [7, 11) is 0. The quantitative estimate of drug-likeness (QED) is 0.743. The predicted molar refractivity (Wildman–Crippen MR) is 98.7 cm³/mol. The number of halogens is 1. The molecule has 1 fully saturated rings. The number of hydrogen-bond acceptors (Lipinski definition) is 2. The summed E-state index contributed by atoms with van der Waals surface area (Å²) in [6.07, 6.45) is 2.76. The Labute approximate surface area is 151 Å². The maximum absolute atomic E-state index is 12.4. The highest BCUT2D eigenvalue weighted by atomic mass is 35.5. The van der Waals surface area contributed by atoms with E-state index in [1.807, 2.05) is 54.7 Å². The molecule has 1 N–H and O–H groups in total. The number of aromatic nitrogens is 2. The van der Waals surface area contributed by atoms with E-state index in [1.165, 1.54) is 5.56 Å². The lowest BCUT2D eigenvalue weighted by molar-refractivity contribution is -0.117. The second kappa shape index (κ2) is 6.73. The molecule has 4 rings (SSSR count). The van der Waals surface area contributed by atoms with E-state index in [4.69, 9.17) is 11.6 Å². The standard InChI is InChI=1S/C20H18ClN3O/c21-16-8-4-5-14(11-16)13-24-10-9-19(23-24)22-20(25)18-12-17(18)15-6-2-1-3-7-15/h1-11,17-18H,12-13H2,(H,22,23,25). The maximum atomic E-state index is 12.4. The number of nitrogens with one attached hydrogen (secondary N) is 1. The number of carbonyl (C=O) groups excluding carboxylic acids is 1.